The average Bonchev–Trinajstić information content (AvgIpc) is 2.84. The zero-order valence-electron chi connectivity index (χ0n) is 24.7. The van der Waals surface area contributed by atoms with Gasteiger partial charge in [0.15, 0.2) is 0 Å². The molecule has 6 nitrogen and oxygen atoms in total. The van der Waals surface area contributed by atoms with Crippen molar-refractivity contribution in [3.8, 4) is 0 Å². The fraction of sp³-hybridized carbons (Fsp3) is 1.00. The molecule has 0 radical (unpaired) electrons. The van der Waals surface area contributed by atoms with Crippen molar-refractivity contribution >= 4 is 20.2 Å². The van der Waals surface area contributed by atoms with E-state index in [1.54, 1.807) is 0 Å². The second-order valence-electron chi connectivity index (χ2n) is 11.5. The molecule has 0 spiro atoms. The SMILES string of the molecule is CCCCCCCCCCCCCC(CCCCCCCCCCCCCCCCS(=O)(=O)O)S(=O)(=O)O. The molecule has 0 rings (SSSR count). The van der Waals surface area contributed by atoms with E-state index in [1.165, 1.54) is 103 Å². The fourth-order valence-corrected chi connectivity index (χ4v) is 6.75. The Kier molecular flexibility index (Phi) is 25.6. The highest BCUT2D eigenvalue weighted by Gasteiger charge is 2.21. The zero-order valence-corrected chi connectivity index (χ0v) is 26.4. The van der Waals surface area contributed by atoms with E-state index < -0.39 is 25.5 Å². The van der Waals surface area contributed by atoms with Gasteiger partial charge in [0, 0.05) is 0 Å². The van der Waals surface area contributed by atoms with Crippen LogP contribution in [0.15, 0.2) is 0 Å². The fourth-order valence-electron chi connectivity index (χ4n) is 5.26. The second-order valence-corrected chi connectivity index (χ2v) is 14.8. The molecule has 0 aromatic rings. The molecule has 38 heavy (non-hydrogen) atoms. The van der Waals surface area contributed by atoms with Gasteiger partial charge in [0.1, 0.15) is 0 Å². The highest BCUT2D eigenvalue weighted by atomic mass is 32.2. The third-order valence-electron chi connectivity index (χ3n) is 7.73. The molecule has 0 aliphatic carbocycles. The standard InChI is InChI=1S/C30H62O6S2/c1-2-3-4-5-6-7-12-15-18-21-24-27-30(38(34,35)36)28-25-22-19-16-13-10-8-9-11-14-17-20-23-26-29-37(31,32)33/h30H,2-29H2,1H3,(H,31,32,33)(H,34,35,36). The van der Waals surface area contributed by atoms with E-state index in [2.05, 4.69) is 6.92 Å². The summed E-state index contributed by atoms with van der Waals surface area (Å²) in [6, 6.07) is 0. The Bertz CT molecular complexity index is 706. The van der Waals surface area contributed by atoms with E-state index >= 15 is 0 Å². The lowest BCUT2D eigenvalue weighted by atomic mass is 10.0. The van der Waals surface area contributed by atoms with Crippen LogP contribution in [0.2, 0.25) is 0 Å². The molecule has 0 fully saturated rings. The van der Waals surface area contributed by atoms with Crippen LogP contribution in [0.25, 0.3) is 0 Å². The largest absolute Gasteiger partial charge is 0.286 e. The van der Waals surface area contributed by atoms with Gasteiger partial charge < -0.3 is 0 Å². The number of rotatable bonds is 30. The lowest BCUT2D eigenvalue weighted by Crippen LogP contribution is -2.20. The maximum atomic E-state index is 11.8. The van der Waals surface area contributed by atoms with Crippen LogP contribution < -0.4 is 0 Å². The average molecular weight is 583 g/mol. The van der Waals surface area contributed by atoms with E-state index in [1.807, 2.05) is 0 Å². The number of hydrogen-bond donors (Lipinski definition) is 2. The third-order valence-corrected chi connectivity index (χ3v) is 9.85. The van der Waals surface area contributed by atoms with E-state index in [0.29, 0.717) is 19.3 Å². The minimum absolute atomic E-state index is 0.118. The van der Waals surface area contributed by atoms with Crippen LogP contribution >= 0.6 is 0 Å². The first kappa shape index (κ1) is 37.8. The van der Waals surface area contributed by atoms with Crippen LogP contribution in [0.3, 0.4) is 0 Å². The maximum Gasteiger partial charge on any atom is 0.267 e. The Morgan fingerprint density at radius 2 is 0.684 bits per heavy atom. The summed E-state index contributed by atoms with van der Waals surface area (Å²) in [6.07, 6.45) is 30.2. The highest BCUT2D eigenvalue weighted by Crippen LogP contribution is 2.20. The van der Waals surface area contributed by atoms with Gasteiger partial charge in [-0.1, -0.05) is 161 Å². The maximum absolute atomic E-state index is 11.8. The topological polar surface area (TPSA) is 109 Å². The predicted octanol–water partition coefficient (Wildman–Crippen LogP) is 9.68. The summed E-state index contributed by atoms with van der Waals surface area (Å²) in [5, 5.41) is -0.580. The normalized spacial score (nSPS) is 13.2. The van der Waals surface area contributed by atoms with Crippen LogP contribution in [0, 0.1) is 0 Å². The van der Waals surface area contributed by atoms with Gasteiger partial charge in [-0.2, -0.15) is 16.8 Å². The highest BCUT2D eigenvalue weighted by molar-refractivity contribution is 7.86. The van der Waals surface area contributed by atoms with Gasteiger partial charge in [0.2, 0.25) is 0 Å². The molecule has 0 aliphatic rings. The van der Waals surface area contributed by atoms with Crippen molar-refractivity contribution < 1.29 is 25.9 Å². The molecule has 0 amide bonds. The first-order valence-electron chi connectivity index (χ1n) is 16.1. The van der Waals surface area contributed by atoms with Crippen molar-refractivity contribution in [1.82, 2.24) is 0 Å². The Morgan fingerprint density at radius 3 is 0.947 bits per heavy atom. The molecule has 1 atom stereocenters. The molecule has 0 aromatic heterocycles. The molecule has 2 N–H and O–H groups in total. The van der Waals surface area contributed by atoms with Crippen molar-refractivity contribution in [2.45, 2.75) is 186 Å². The van der Waals surface area contributed by atoms with E-state index in [0.717, 1.165) is 51.4 Å². The first-order valence-corrected chi connectivity index (χ1v) is 19.2. The summed E-state index contributed by atoms with van der Waals surface area (Å²) in [6.45, 7) is 2.24. The van der Waals surface area contributed by atoms with Gasteiger partial charge in [-0.3, -0.25) is 9.11 Å². The first-order chi connectivity index (χ1) is 18.2. The summed E-state index contributed by atoms with van der Waals surface area (Å²) >= 11 is 0. The molecule has 230 valence electrons. The van der Waals surface area contributed by atoms with Crippen molar-refractivity contribution in [3.63, 3.8) is 0 Å². The molecule has 0 aliphatic heterocycles. The minimum atomic E-state index is -3.94. The summed E-state index contributed by atoms with van der Waals surface area (Å²) in [5.41, 5.74) is 0. The summed E-state index contributed by atoms with van der Waals surface area (Å²) < 4.78 is 63.2. The van der Waals surface area contributed by atoms with Crippen LogP contribution in [0.4, 0.5) is 0 Å². The molecule has 0 bridgehead atoms. The van der Waals surface area contributed by atoms with Crippen LogP contribution in [-0.4, -0.2) is 36.9 Å². The van der Waals surface area contributed by atoms with E-state index in [-0.39, 0.29) is 5.75 Å². The molecular formula is C30H62O6S2. The second kappa shape index (κ2) is 25.8. The molecular weight excluding hydrogens is 520 g/mol. The molecule has 0 saturated carbocycles. The lowest BCUT2D eigenvalue weighted by molar-refractivity contribution is 0.441. The van der Waals surface area contributed by atoms with Crippen molar-refractivity contribution in [3.05, 3.63) is 0 Å². The van der Waals surface area contributed by atoms with Gasteiger partial charge >= 0.3 is 0 Å². The Morgan fingerprint density at radius 1 is 0.421 bits per heavy atom. The Hall–Kier alpha value is -0.180. The van der Waals surface area contributed by atoms with Crippen molar-refractivity contribution in [1.29, 1.82) is 0 Å². The third kappa shape index (κ3) is 28.8. The monoisotopic (exact) mass is 582 g/mol. The van der Waals surface area contributed by atoms with Gasteiger partial charge in [0.25, 0.3) is 20.2 Å². The lowest BCUT2D eigenvalue weighted by Gasteiger charge is -2.13. The summed E-state index contributed by atoms with van der Waals surface area (Å²) in [7, 11) is -7.73. The summed E-state index contributed by atoms with van der Waals surface area (Å²) in [4.78, 5) is 0. The Labute approximate surface area is 237 Å². The molecule has 0 saturated heterocycles. The summed E-state index contributed by atoms with van der Waals surface area (Å²) in [5.74, 6) is -0.118. The number of hydrogen-bond acceptors (Lipinski definition) is 4. The molecule has 0 aromatic carbocycles. The smallest absolute Gasteiger partial charge is 0.267 e. The molecule has 0 heterocycles. The zero-order chi connectivity index (χ0) is 28.4. The van der Waals surface area contributed by atoms with Gasteiger partial charge in [-0.25, -0.2) is 0 Å². The van der Waals surface area contributed by atoms with E-state index in [9.17, 15) is 21.4 Å². The van der Waals surface area contributed by atoms with Crippen molar-refractivity contribution in [2.24, 2.45) is 0 Å². The molecule has 8 heteroatoms. The van der Waals surface area contributed by atoms with Gasteiger partial charge in [-0.05, 0) is 19.3 Å². The van der Waals surface area contributed by atoms with Gasteiger partial charge in [0.05, 0.1) is 11.0 Å². The van der Waals surface area contributed by atoms with Crippen LogP contribution in [-0.2, 0) is 20.2 Å². The number of unbranched alkanes of at least 4 members (excludes halogenated alkanes) is 23. The Balaban J connectivity index is 3.54. The van der Waals surface area contributed by atoms with Crippen LogP contribution in [0.1, 0.15) is 180 Å². The molecule has 1 unspecified atom stereocenters. The van der Waals surface area contributed by atoms with Gasteiger partial charge in [-0.15, -0.1) is 0 Å². The van der Waals surface area contributed by atoms with Crippen molar-refractivity contribution in [2.75, 3.05) is 5.75 Å². The van der Waals surface area contributed by atoms with E-state index in [4.69, 9.17) is 4.55 Å². The quantitative estimate of drug-likeness (QED) is 0.0644. The predicted molar refractivity (Wildman–Crippen MR) is 162 cm³/mol. The minimum Gasteiger partial charge on any atom is -0.286 e. The van der Waals surface area contributed by atoms with Crippen LogP contribution in [0.5, 0.6) is 0 Å².